The largest absolute Gasteiger partial charge is 0.507 e. The monoisotopic (exact) mass is 344 g/mol. The second-order valence-electron chi connectivity index (χ2n) is 5.84. The van der Waals surface area contributed by atoms with E-state index in [9.17, 15) is 18.3 Å². The van der Waals surface area contributed by atoms with E-state index in [2.05, 4.69) is 19.1 Å². The number of aromatic hydroxyl groups is 1. The molecule has 1 aromatic rings. The fourth-order valence-electron chi connectivity index (χ4n) is 2.31. The van der Waals surface area contributed by atoms with Crippen molar-refractivity contribution in [3.8, 4) is 11.5 Å². The molecule has 0 saturated heterocycles. The van der Waals surface area contributed by atoms with Crippen LogP contribution < -0.4 is 4.74 Å². The van der Waals surface area contributed by atoms with Gasteiger partial charge in [-0.05, 0) is 37.8 Å². The number of halogens is 3. The van der Waals surface area contributed by atoms with Crippen LogP contribution in [0.5, 0.6) is 11.5 Å². The molecule has 0 unspecified atom stereocenters. The van der Waals surface area contributed by atoms with Gasteiger partial charge in [-0.15, -0.1) is 0 Å². The predicted octanol–water partition coefficient (Wildman–Crippen LogP) is 6.49. The van der Waals surface area contributed by atoms with E-state index in [0.29, 0.717) is 6.61 Å². The molecular formula is C19H27F3O2. The van der Waals surface area contributed by atoms with Gasteiger partial charge in [-0.2, -0.15) is 13.2 Å². The Bertz CT molecular complexity index is 496. The van der Waals surface area contributed by atoms with Gasteiger partial charge in [-0.1, -0.05) is 44.8 Å². The molecule has 0 amide bonds. The minimum absolute atomic E-state index is 0.263. The molecule has 136 valence electrons. The molecule has 0 spiro atoms. The summed E-state index contributed by atoms with van der Waals surface area (Å²) >= 11 is 0. The van der Waals surface area contributed by atoms with Crippen molar-refractivity contribution in [2.75, 3.05) is 6.61 Å². The van der Waals surface area contributed by atoms with Gasteiger partial charge in [0, 0.05) is 6.07 Å². The summed E-state index contributed by atoms with van der Waals surface area (Å²) in [5.74, 6) is -0.533. The highest BCUT2D eigenvalue weighted by atomic mass is 19.4. The van der Waals surface area contributed by atoms with Crippen LogP contribution in [0.1, 0.15) is 63.9 Å². The number of unbranched alkanes of at least 4 members (excludes halogenated alkanes) is 6. The quantitative estimate of drug-likeness (QED) is 0.367. The molecular weight excluding hydrogens is 317 g/mol. The SMILES string of the molecule is CCCC/C=C/CCCCCCOc1ccc(C(F)(F)F)c(O)c1. The number of ether oxygens (including phenoxy) is 1. The van der Waals surface area contributed by atoms with Gasteiger partial charge in [-0.3, -0.25) is 0 Å². The molecule has 1 rings (SSSR count). The first kappa shape index (κ1) is 20.4. The molecule has 24 heavy (non-hydrogen) atoms. The maximum atomic E-state index is 12.5. The lowest BCUT2D eigenvalue weighted by Gasteiger charge is -2.11. The van der Waals surface area contributed by atoms with Crippen LogP contribution in [0, 0.1) is 0 Å². The Hall–Kier alpha value is -1.65. The fraction of sp³-hybridized carbons (Fsp3) is 0.579. The zero-order valence-corrected chi connectivity index (χ0v) is 14.2. The molecule has 2 nitrogen and oxygen atoms in total. The number of benzene rings is 1. The first-order chi connectivity index (χ1) is 11.4. The van der Waals surface area contributed by atoms with Crippen molar-refractivity contribution in [2.45, 2.75) is 64.5 Å². The highest BCUT2D eigenvalue weighted by Crippen LogP contribution is 2.37. The lowest BCUT2D eigenvalue weighted by atomic mass is 10.1. The third-order valence-electron chi connectivity index (χ3n) is 3.70. The Labute approximate surface area is 142 Å². The van der Waals surface area contributed by atoms with Crippen LogP contribution in [0.15, 0.2) is 30.4 Å². The van der Waals surface area contributed by atoms with Gasteiger partial charge in [0.15, 0.2) is 0 Å². The average molecular weight is 344 g/mol. The van der Waals surface area contributed by atoms with Gasteiger partial charge >= 0.3 is 6.18 Å². The van der Waals surface area contributed by atoms with Crippen molar-refractivity contribution >= 4 is 0 Å². The smallest absolute Gasteiger partial charge is 0.419 e. The molecule has 1 aromatic carbocycles. The van der Waals surface area contributed by atoms with E-state index >= 15 is 0 Å². The Morgan fingerprint density at radius 2 is 1.67 bits per heavy atom. The van der Waals surface area contributed by atoms with Crippen molar-refractivity contribution in [2.24, 2.45) is 0 Å². The van der Waals surface area contributed by atoms with E-state index in [1.165, 1.54) is 18.9 Å². The zero-order chi connectivity index (χ0) is 17.8. The van der Waals surface area contributed by atoms with Crippen molar-refractivity contribution in [1.29, 1.82) is 0 Å². The highest BCUT2D eigenvalue weighted by Gasteiger charge is 2.33. The molecule has 0 bridgehead atoms. The maximum Gasteiger partial charge on any atom is 0.419 e. The summed E-state index contributed by atoms with van der Waals surface area (Å²) in [6.07, 6.45) is 8.77. The Morgan fingerprint density at radius 1 is 1.00 bits per heavy atom. The number of rotatable bonds is 11. The minimum Gasteiger partial charge on any atom is -0.507 e. The highest BCUT2D eigenvalue weighted by molar-refractivity contribution is 5.41. The fourth-order valence-corrected chi connectivity index (χ4v) is 2.31. The second kappa shape index (κ2) is 11.0. The van der Waals surface area contributed by atoms with Crippen LogP contribution in [0.4, 0.5) is 13.2 Å². The Balaban J connectivity index is 2.13. The number of phenolic OH excluding ortho intramolecular Hbond substituents is 1. The summed E-state index contributed by atoms with van der Waals surface area (Å²) in [4.78, 5) is 0. The first-order valence-electron chi connectivity index (χ1n) is 8.63. The molecule has 1 N–H and O–H groups in total. The molecule has 0 aliphatic carbocycles. The first-order valence-corrected chi connectivity index (χ1v) is 8.63. The number of allylic oxidation sites excluding steroid dienone is 2. The lowest BCUT2D eigenvalue weighted by Crippen LogP contribution is -2.05. The lowest BCUT2D eigenvalue weighted by molar-refractivity contribution is -0.138. The Morgan fingerprint density at radius 3 is 2.29 bits per heavy atom. The van der Waals surface area contributed by atoms with E-state index in [1.807, 2.05) is 0 Å². The van der Waals surface area contributed by atoms with Crippen molar-refractivity contribution in [3.05, 3.63) is 35.9 Å². The van der Waals surface area contributed by atoms with Crippen LogP contribution >= 0.6 is 0 Å². The van der Waals surface area contributed by atoms with E-state index in [4.69, 9.17) is 4.74 Å². The van der Waals surface area contributed by atoms with Crippen molar-refractivity contribution < 1.29 is 23.0 Å². The number of hydrogen-bond acceptors (Lipinski definition) is 2. The summed E-state index contributed by atoms with van der Waals surface area (Å²) in [6.45, 7) is 2.62. The topological polar surface area (TPSA) is 29.5 Å². The van der Waals surface area contributed by atoms with Crippen molar-refractivity contribution in [3.63, 3.8) is 0 Å². The van der Waals surface area contributed by atoms with Gasteiger partial charge in [0.1, 0.15) is 11.5 Å². The molecule has 0 aliphatic heterocycles. The van der Waals surface area contributed by atoms with Gasteiger partial charge in [0.05, 0.1) is 12.2 Å². The summed E-state index contributed by atoms with van der Waals surface area (Å²) in [5.41, 5.74) is -1.04. The van der Waals surface area contributed by atoms with Gasteiger partial charge in [-0.25, -0.2) is 0 Å². The number of alkyl halides is 3. The van der Waals surface area contributed by atoms with E-state index in [0.717, 1.165) is 50.7 Å². The molecule has 0 atom stereocenters. The average Bonchev–Trinajstić information content (AvgIpc) is 2.51. The number of hydrogen-bond donors (Lipinski definition) is 1. The summed E-state index contributed by atoms with van der Waals surface area (Å²) < 4.78 is 42.9. The standard InChI is InChI=1S/C19H27F3O2/c1-2-3-4-5-6-7-8-9-10-11-14-24-16-12-13-17(18(23)15-16)19(20,21)22/h5-6,12-13,15,23H,2-4,7-11,14H2,1H3/b6-5+. The van der Waals surface area contributed by atoms with Crippen LogP contribution in [-0.2, 0) is 6.18 Å². The van der Waals surface area contributed by atoms with E-state index in [1.54, 1.807) is 0 Å². The van der Waals surface area contributed by atoms with Crippen LogP contribution in [-0.4, -0.2) is 11.7 Å². The maximum absolute atomic E-state index is 12.5. The molecule has 0 aromatic heterocycles. The predicted molar refractivity (Wildman–Crippen MR) is 90.4 cm³/mol. The summed E-state index contributed by atoms with van der Waals surface area (Å²) in [5, 5.41) is 9.40. The van der Waals surface area contributed by atoms with E-state index < -0.39 is 17.5 Å². The molecule has 0 saturated carbocycles. The molecule has 0 aliphatic rings. The molecule has 0 heterocycles. The minimum atomic E-state index is -4.55. The molecule has 0 fully saturated rings. The van der Waals surface area contributed by atoms with Crippen LogP contribution in [0.2, 0.25) is 0 Å². The van der Waals surface area contributed by atoms with Crippen molar-refractivity contribution in [1.82, 2.24) is 0 Å². The zero-order valence-electron chi connectivity index (χ0n) is 14.2. The molecule has 5 heteroatoms. The number of phenols is 1. The van der Waals surface area contributed by atoms with E-state index in [-0.39, 0.29) is 5.75 Å². The summed E-state index contributed by atoms with van der Waals surface area (Å²) in [6, 6.07) is 3.10. The molecule has 0 radical (unpaired) electrons. The second-order valence-corrected chi connectivity index (χ2v) is 5.84. The van der Waals surface area contributed by atoms with Gasteiger partial charge < -0.3 is 9.84 Å². The normalized spacial score (nSPS) is 12.0. The third kappa shape index (κ3) is 8.27. The van der Waals surface area contributed by atoms with Crippen LogP contribution in [0.25, 0.3) is 0 Å². The van der Waals surface area contributed by atoms with Gasteiger partial charge in [0.2, 0.25) is 0 Å². The third-order valence-corrected chi connectivity index (χ3v) is 3.70. The Kier molecular flexibility index (Phi) is 9.35. The summed E-state index contributed by atoms with van der Waals surface area (Å²) in [7, 11) is 0. The van der Waals surface area contributed by atoms with Gasteiger partial charge in [0.25, 0.3) is 0 Å². The van der Waals surface area contributed by atoms with Crippen LogP contribution in [0.3, 0.4) is 0 Å².